The Morgan fingerprint density at radius 3 is 0.684 bits per heavy atom. The number of hydrogen-bond acceptors (Lipinski definition) is 4. The van der Waals surface area contributed by atoms with Crippen LogP contribution in [0.1, 0.15) is 67.8 Å². The third kappa shape index (κ3) is 8.35. The average molecular weight is 745 g/mol. The highest BCUT2D eigenvalue weighted by molar-refractivity contribution is 5.82. The largest absolute Gasteiger partial charge is 0.358 e. The van der Waals surface area contributed by atoms with Crippen LogP contribution in [0.4, 0.5) is 22.7 Å². The first-order chi connectivity index (χ1) is 27.8. The van der Waals surface area contributed by atoms with Gasteiger partial charge >= 0.3 is 0 Å². The van der Waals surface area contributed by atoms with Crippen molar-refractivity contribution in [2.75, 3.05) is 0 Å². The van der Waals surface area contributed by atoms with Crippen LogP contribution in [0, 0.1) is 27.7 Å². The van der Waals surface area contributed by atoms with Crippen molar-refractivity contribution in [1.29, 1.82) is 0 Å². The van der Waals surface area contributed by atoms with Crippen molar-refractivity contribution in [3.05, 3.63) is 213 Å². The summed E-state index contributed by atoms with van der Waals surface area (Å²) in [7, 11) is 0. The molecule has 8 aromatic rings. The minimum Gasteiger partial charge on any atom is -0.358 e. The van der Waals surface area contributed by atoms with Crippen molar-refractivity contribution < 1.29 is 0 Å². The molecule has 0 fully saturated rings. The second-order valence-electron chi connectivity index (χ2n) is 14.4. The number of aliphatic imine (C=N–C) groups is 4. The van der Waals surface area contributed by atoms with Crippen molar-refractivity contribution in [3.63, 3.8) is 0 Å². The van der Waals surface area contributed by atoms with Crippen LogP contribution >= 0.6 is 0 Å². The standard InChI is InChI=1S/C49H44N8/c1-33-5-17-45(54-33)29-50-41-21-9-37(10-22-41)49(38-11-23-42(24-12-38)51-30-46-18-6-34(2)55-46,39-13-25-43(26-14-39)52-31-47-19-7-35(3)56-47)40-15-27-44(28-16-40)53-32-48-20-8-36(4)57-48/h5-32,54-57H,1-4H3/b50-29+,51-30+,52-31+,53-32+. The summed E-state index contributed by atoms with van der Waals surface area (Å²) in [6, 6.07) is 50.5. The summed E-state index contributed by atoms with van der Waals surface area (Å²) in [5, 5.41) is 0. The predicted octanol–water partition coefficient (Wildman–Crippen LogP) is 11.6. The van der Waals surface area contributed by atoms with Crippen LogP contribution in [0.15, 0.2) is 166 Å². The van der Waals surface area contributed by atoms with Gasteiger partial charge in [-0.15, -0.1) is 0 Å². The lowest BCUT2D eigenvalue weighted by atomic mass is 9.65. The zero-order chi connectivity index (χ0) is 39.2. The van der Waals surface area contributed by atoms with Crippen LogP contribution in [0.5, 0.6) is 0 Å². The zero-order valence-electron chi connectivity index (χ0n) is 32.5. The first-order valence-electron chi connectivity index (χ1n) is 19.0. The maximum absolute atomic E-state index is 4.80. The molecule has 0 spiro atoms. The molecule has 280 valence electrons. The molecule has 8 nitrogen and oxygen atoms in total. The number of nitrogens with zero attached hydrogens (tertiary/aromatic N) is 4. The third-order valence-electron chi connectivity index (χ3n) is 10.0. The van der Waals surface area contributed by atoms with Gasteiger partial charge in [0.2, 0.25) is 0 Å². The number of nitrogens with one attached hydrogen (secondary N) is 4. The fraction of sp³-hybridized carbons (Fsp3) is 0.102. The lowest BCUT2D eigenvalue weighted by molar-refractivity contribution is 0.745. The SMILES string of the molecule is Cc1ccc(/C=N/c2ccc(C(c3ccc(/N=C/c4ccc(C)[nH]4)cc3)(c3ccc(/N=C/c4ccc(C)[nH]4)cc3)c3ccc(/N=C/c4ccc(C)[nH]4)cc3)cc2)[nH]1. The summed E-state index contributed by atoms with van der Waals surface area (Å²) in [6.07, 6.45) is 7.46. The monoisotopic (exact) mass is 744 g/mol. The van der Waals surface area contributed by atoms with Gasteiger partial charge in [0, 0.05) is 22.8 Å². The quantitative estimate of drug-likeness (QED) is 0.0705. The number of benzene rings is 4. The average Bonchev–Trinajstić information content (AvgIpc) is 4.06. The molecule has 0 aliphatic carbocycles. The van der Waals surface area contributed by atoms with E-state index in [4.69, 9.17) is 20.0 Å². The van der Waals surface area contributed by atoms with Gasteiger partial charge in [-0.3, -0.25) is 20.0 Å². The number of hydrogen-bond donors (Lipinski definition) is 4. The summed E-state index contributed by atoms with van der Waals surface area (Å²) in [4.78, 5) is 32.5. The molecular formula is C49H44N8. The lowest BCUT2D eigenvalue weighted by Crippen LogP contribution is -2.30. The minimum absolute atomic E-state index is 0.727. The van der Waals surface area contributed by atoms with E-state index in [2.05, 4.69) is 117 Å². The van der Waals surface area contributed by atoms with E-state index in [1.807, 2.05) is 101 Å². The maximum Gasteiger partial charge on any atom is 0.0701 e. The summed E-state index contributed by atoms with van der Waals surface area (Å²) < 4.78 is 0. The predicted molar refractivity (Wildman–Crippen MR) is 236 cm³/mol. The van der Waals surface area contributed by atoms with Crippen LogP contribution in [0.25, 0.3) is 0 Å². The topological polar surface area (TPSA) is 113 Å². The number of H-pyrrole nitrogens is 4. The Hall–Kier alpha value is -7.32. The fourth-order valence-corrected chi connectivity index (χ4v) is 7.17. The van der Waals surface area contributed by atoms with E-state index >= 15 is 0 Å². The van der Waals surface area contributed by atoms with Crippen molar-refractivity contribution in [2.45, 2.75) is 33.1 Å². The van der Waals surface area contributed by atoms with Crippen LogP contribution in [-0.4, -0.2) is 44.8 Å². The molecule has 0 radical (unpaired) electrons. The van der Waals surface area contributed by atoms with E-state index in [0.717, 1.165) is 90.6 Å². The van der Waals surface area contributed by atoms with Crippen LogP contribution < -0.4 is 0 Å². The maximum atomic E-state index is 4.80. The van der Waals surface area contributed by atoms with Gasteiger partial charge in [-0.25, -0.2) is 0 Å². The zero-order valence-corrected chi connectivity index (χ0v) is 32.5. The van der Waals surface area contributed by atoms with Gasteiger partial charge < -0.3 is 19.9 Å². The number of aryl methyl sites for hydroxylation is 4. The highest BCUT2D eigenvalue weighted by Gasteiger charge is 2.38. The normalized spacial score (nSPS) is 12.3. The highest BCUT2D eigenvalue weighted by Crippen LogP contribution is 2.46. The van der Waals surface area contributed by atoms with E-state index in [9.17, 15) is 0 Å². The molecule has 0 atom stereocenters. The minimum atomic E-state index is -0.727. The summed E-state index contributed by atoms with van der Waals surface area (Å²) in [6.45, 7) is 8.15. The molecule has 0 bridgehead atoms. The van der Waals surface area contributed by atoms with E-state index in [0.29, 0.717) is 0 Å². The molecule has 4 heterocycles. The second kappa shape index (κ2) is 16.2. The van der Waals surface area contributed by atoms with E-state index in [-0.39, 0.29) is 0 Å². The molecule has 0 saturated heterocycles. The lowest BCUT2D eigenvalue weighted by Gasteiger charge is -2.37. The van der Waals surface area contributed by atoms with E-state index in [1.165, 1.54) is 0 Å². The third-order valence-corrected chi connectivity index (χ3v) is 10.0. The fourth-order valence-electron chi connectivity index (χ4n) is 7.17. The first kappa shape index (κ1) is 36.6. The van der Waals surface area contributed by atoms with Crippen LogP contribution in [-0.2, 0) is 5.41 Å². The number of rotatable bonds is 12. The van der Waals surface area contributed by atoms with Gasteiger partial charge in [0.05, 0.1) is 75.8 Å². The van der Waals surface area contributed by atoms with E-state index < -0.39 is 5.41 Å². The molecule has 8 rings (SSSR count). The van der Waals surface area contributed by atoms with Gasteiger partial charge in [-0.1, -0.05) is 48.5 Å². The summed E-state index contributed by atoms with van der Waals surface area (Å²) in [5.41, 5.74) is 15.3. The van der Waals surface area contributed by atoms with Gasteiger partial charge in [0.25, 0.3) is 0 Å². The Labute approximate surface area is 333 Å². The van der Waals surface area contributed by atoms with Gasteiger partial charge in [0.15, 0.2) is 0 Å². The van der Waals surface area contributed by atoms with Crippen molar-refractivity contribution in [3.8, 4) is 0 Å². The molecule has 0 unspecified atom stereocenters. The van der Waals surface area contributed by atoms with E-state index in [1.54, 1.807) is 0 Å². The molecular weight excluding hydrogens is 701 g/mol. The van der Waals surface area contributed by atoms with Crippen molar-refractivity contribution >= 4 is 47.6 Å². The number of aromatic amines is 4. The first-order valence-corrected chi connectivity index (χ1v) is 19.0. The Balaban J connectivity index is 1.24. The van der Waals surface area contributed by atoms with Crippen LogP contribution in [0.2, 0.25) is 0 Å². The molecule has 57 heavy (non-hydrogen) atoms. The second-order valence-corrected chi connectivity index (χ2v) is 14.4. The molecule has 0 aliphatic heterocycles. The Kier molecular flexibility index (Phi) is 10.4. The number of aromatic nitrogens is 4. The summed E-state index contributed by atoms with van der Waals surface area (Å²) in [5.74, 6) is 0. The molecule has 8 heteroatoms. The molecule has 0 saturated carbocycles. The van der Waals surface area contributed by atoms with Gasteiger partial charge in [-0.2, -0.15) is 0 Å². The van der Waals surface area contributed by atoms with Gasteiger partial charge in [-0.05, 0) is 147 Å². The molecule has 0 amide bonds. The van der Waals surface area contributed by atoms with Crippen molar-refractivity contribution in [1.82, 2.24) is 19.9 Å². The van der Waals surface area contributed by atoms with Crippen molar-refractivity contribution in [2.24, 2.45) is 20.0 Å². The van der Waals surface area contributed by atoms with Crippen LogP contribution in [0.3, 0.4) is 0 Å². The Morgan fingerprint density at radius 2 is 0.509 bits per heavy atom. The molecule has 4 N–H and O–H groups in total. The molecule has 0 aliphatic rings. The molecule has 4 aromatic heterocycles. The smallest absolute Gasteiger partial charge is 0.0701 e. The molecule has 4 aromatic carbocycles. The Morgan fingerprint density at radius 1 is 0.298 bits per heavy atom. The van der Waals surface area contributed by atoms with Gasteiger partial charge in [0.1, 0.15) is 0 Å². The summed E-state index contributed by atoms with van der Waals surface area (Å²) >= 11 is 0. The Bertz CT molecular complexity index is 2310. The highest BCUT2D eigenvalue weighted by atomic mass is 14.8.